The van der Waals surface area contributed by atoms with Gasteiger partial charge in [0.15, 0.2) is 0 Å². The number of hydrogen-bond acceptors (Lipinski definition) is 3. The number of aliphatic hydroxyl groups excluding tert-OH is 1. The lowest BCUT2D eigenvalue weighted by Crippen LogP contribution is -2.13. The van der Waals surface area contributed by atoms with E-state index in [-0.39, 0.29) is 22.2 Å². The highest BCUT2D eigenvalue weighted by Gasteiger charge is 2.16. The molecule has 0 spiro atoms. The zero-order valence-corrected chi connectivity index (χ0v) is 11.7. The molecule has 0 aliphatic carbocycles. The zero-order chi connectivity index (χ0) is 14.8. The Morgan fingerprint density at radius 1 is 1.20 bits per heavy atom. The van der Waals surface area contributed by atoms with Crippen LogP contribution in [0.4, 0.5) is 10.1 Å². The topological polar surface area (TPSA) is 66.4 Å². The van der Waals surface area contributed by atoms with Crippen LogP contribution in [0.1, 0.15) is 5.56 Å². The fraction of sp³-hybridized carbons (Fsp3) is 0.0769. The quantitative estimate of drug-likeness (QED) is 0.911. The molecule has 0 unspecified atom stereocenters. The van der Waals surface area contributed by atoms with Gasteiger partial charge in [0, 0.05) is 5.02 Å². The van der Waals surface area contributed by atoms with Gasteiger partial charge in [-0.15, -0.1) is 0 Å². The lowest BCUT2D eigenvalue weighted by Gasteiger charge is -2.09. The first kappa shape index (κ1) is 14.8. The van der Waals surface area contributed by atoms with Gasteiger partial charge in [0.25, 0.3) is 10.0 Å². The molecular formula is C13H11ClFNO3S. The van der Waals surface area contributed by atoms with Crippen LogP contribution in [0.3, 0.4) is 0 Å². The van der Waals surface area contributed by atoms with Gasteiger partial charge in [0.05, 0.1) is 17.2 Å². The van der Waals surface area contributed by atoms with Crippen molar-refractivity contribution >= 4 is 27.3 Å². The summed E-state index contributed by atoms with van der Waals surface area (Å²) in [5.74, 6) is -0.543. The molecule has 20 heavy (non-hydrogen) atoms. The van der Waals surface area contributed by atoms with Crippen LogP contribution in [0, 0.1) is 5.82 Å². The number of rotatable bonds is 4. The standard InChI is InChI=1S/C13H11ClFNO3S/c14-13-7-12(5-4-9(13)8-17)20(18,19)16-11-3-1-2-10(15)6-11/h1-7,16-17H,8H2. The molecule has 2 rings (SSSR count). The van der Waals surface area contributed by atoms with Gasteiger partial charge in [-0.2, -0.15) is 0 Å². The van der Waals surface area contributed by atoms with Crippen molar-refractivity contribution < 1.29 is 17.9 Å². The minimum atomic E-state index is -3.86. The highest BCUT2D eigenvalue weighted by Crippen LogP contribution is 2.23. The van der Waals surface area contributed by atoms with Gasteiger partial charge >= 0.3 is 0 Å². The largest absolute Gasteiger partial charge is 0.392 e. The van der Waals surface area contributed by atoms with Gasteiger partial charge in [-0.3, -0.25) is 4.72 Å². The number of halogens is 2. The normalized spacial score (nSPS) is 11.3. The molecule has 2 aromatic rings. The van der Waals surface area contributed by atoms with E-state index in [4.69, 9.17) is 16.7 Å². The van der Waals surface area contributed by atoms with E-state index >= 15 is 0 Å². The number of benzene rings is 2. The summed E-state index contributed by atoms with van der Waals surface area (Å²) in [5, 5.41) is 9.13. The van der Waals surface area contributed by atoms with Crippen LogP contribution < -0.4 is 4.72 Å². The Kier molecular flexibility index (Phi) is 4.27. The van der Waals surface area contributed by atoms with E-state index in [2.05, 4.69) is 4.72 Å². The summed E-state index contributed by atoms with van der Waals surface area (Å²) in [7, 11) is -3.86. The van der Waals surface area contributed by atoms with Crippen molar-refractivity contribution in [1.82, 2.24) is 0 Å². The second-order valence-electron chi connectivity index (χ2n) is 4.03. The Morgan fingerprint density at radius 2 is 1.95 bits per heavy atom. The first-order valence-corrected chi connectivity index (χ1v) is 7.46. The van der Waals surface area contributed by atoms with Crippen LogP contribution in [-0.4, -0.2) is 13.5 Å². The molecule has 2 aromatic carbocycles. The number of nitrogens with one attached hydrogen (secondary N) is 1. The molecule has 0 amide bonds. The molecule has 106 valence electrons. The zero-order valence-electron chi connectivity index (χ0n) is 10.2. The van der Waals surface area contributed by atoms with Crippen LogP contribution in [0.25, 0.3) is 0 Å². The van der Waals surface area contributed by atoms with Crippen molar-refractivity contribution in [2.45, 2.75) is 11.5 Å². The second-order valence-corrected chi connectivity index (χ2v) is 6.12. The van der Waals surface area contributed by atoms with Crippen molar-refractivity contribution in [1.29, 1.82) is 0 Å². The molecule has 0 heterocycles. The first-order chi connectivity index (χ1) is 9.42. The van der Waals surface area contributed by atoms with Gasteiger partial charge < -0.3 is 5.11 Å². The Bertz CT molecular complexity index is 734. The SMILES string of the molecule is O=S(=O)(Nc1cccc(F)c1)c1ccc(CO)c(Cl)c1. The molecule has 7 heteroatoms. The average molecular weight is 316 g/mol. The molecule has 0 fully saturated rings. The first-order valence-electron chi connectivity index (χ1n) is 5.60. The number of hydrogen-bond donors (Lipinski definition) is 2. The minimum absolute atomic E-state index is 0.0658. The number of aliphatic hydroxyl groups is 1. The van der Waals surface area contributed by atoms with Crippen LogP contribution in [0.15, 0.2) is 47.4 Å². The summed E-state index contributed by atoms with van der Waals surface area (Å²) in [5.41, 5.74) is 0.545. The van der Waals surface area contributed by atoms with Crippen molar-refractivity contribution in [2.75, 3.05) is 4.72 Å². The van der Waals surface area contributed by atoms with E-state index in [1.807, 2.05) is 0 Å². The van der Waals surface area contributed by atoms with Crippen molar-refractivity contribution in [3.05, 3.63) is 58.9 Å². The molecule has 2 N–H and O–H groups in total. The number of anilines is 1. The molecule has 0 bridgehead atoms. The fourth-order valence-electron chi connectivity index (χ4n) is 1.59. The highest BCUT2D eigenvalue weighted by molar-refractivity contribution is 7.92. The van der Waals surface area contributed by atoms with Crippen molar-refractivity contribution in [2.24, 2.45) is 0 Å². The Labute approximate surface area is 120 Å². The van der Waals surface area contributed by atoms with E-state index in [1.165, 1.54) is 36.4 Å². The third kappa shape index (κ3) is 3.27. The lowest BCUT2D eigenvalue weighted by molar-refractivity contribution is 0.282. The molecule has 0 aromatic heterocycles. The van der Waals surface area contributed by atoms with Gasteiger partial charge in [-0.1, -0.05) is 23.7 Å². The summed E-state index contributed by atoms with van der Waals surface area (Å²) in [6.07, 6.45) is 0. The molecular weight excluding hydrogens is 305 g/mol. The molecule has 0 saturated carbocycles. The highest BCUT2D eigenvalue weighted by atomic mass is 35.5. The Balaban J connectivity index is 2.33. The Morgan fingerprint density at radius 3 is 2.55 bits per heavy atom. The van der Waals surface area contributed by atoms with E-state index < -0.39 is 15.8 Å². The molecule has 0 saturated heterocycles. The van der Waals surface area contributed by atoms with E-state index in [0.29, 0.717) is 5.56 Å². The van der Waals surface area contributed by atoms with Gasteiger partial charge in [-0.25, -0.2) is 12.8 Å². The van der Waals surface area contributed by atoms with Crippen molar-refractivity contribution in [3.8, 4) is 0 Å². The molecule has 0 aliphatic heterocycles. The summed E-state index contributed by atoms with van der Waals surface area (Å²) in [4.78, 5) is -0.0658. The lowest BCUT2D eigenvalue weighted by atomic mass is 10.2. The van der Waals surface area contributed by atoms with Gasteiger partial charge in [-0.05, 0) is 35.9 Å². The van der Waals surface area contributed by atoms with Crippen LogP contribution in [0.2, 0.25) is 5.02 Å². The van der Waals surface area contributed by atoms with Crippen LogP contribution in [-0.2, 0) is 16.6 Å². The third-order valence-corrected chi connectivity index (χ3v) is 4.31. The minimum Gasteiger partial charge on any atom is -0.392 e. The fourth-order valence-corrected chi connectivity index (χ4v) is 2.97. The monoisotopic (exact) mass is 315 g/mol. The summed E-state index contributed by atoms with van der Waals surface area (Å²) < 4.78 is 39.5. The summed E-state index contributed by atoms with van der Waals surface area (Å²) in [6.45, 7) is -0.281. The smallest absolute Gasteiger partial charge is 0.261 e. The third-order valence-electron chi connectivity index (χ3n) is 2.58. The Hall–Kier alpha value is -1.63. The summed E-state index contributed by atoms with van der Waals surface area (Å²) in [6, 6.07) is 9.08. The molecule has 4 nitrogen and oxygen atoms in total. The van der Waals surface area contributed by atoms with Gasteiger partial charge in [0.2, 0.25) is 0 Å². The molecule has 0 aliphatic rings. The maximum Gasteiger partial charge on any atom is 0.261 e. The van der Waals surface area contributed by atoms with E-state index in [0.717, 1.165) is 6.07 Å². The van der Waals surface area contributed by atoms with Gasteiger partial charge in [0.1, 0.15) is 5.82 Å². The predicted molar refractivity (Wildman–Crippen MR) is 74.6 cm³/mol. The molecule has 0 atom stereocenters. The maximum absolute atomic E-state index is 13.0. The maximum atomic E-state index is 13.0. The average Bonchev–Trinajstić information content (AvgIpc) is 2.38. The van der Waals surface area contributed by atoms with E-state index in [9.17, 15) is 12.8 Å². The number of sulfonamides is 1. The second kappa shape index (κ2) is 5.78. The molecule has 0 radical (unpaired) electrons. The summed E-state index contributed by atoms with van der Waals surface area (Å²) >= 11 is 5.85. The van der Waals surface area contributed by atoms with Crippen LogP contribution in [0.5, 0.6) is 0 Å². The van der Waals surface area contributed by atoms with Crippen LogP contribution >= 0.6 is 11.6 Å². The van der Waals surface area contributed by atoms with Crippen molar-refractivity contribution in [3.63, 3.8) is 0 Å². The predicted octanol–water partition coefficient (Wildman–Crippen LogP) is 2.77. The van der Waals surface area contributed by atoms with E-state index in [1.54, 1.807) is 0 Å².